The number of non-ortho nitro benzene ring substituents is 1. The topological polar surface area (TPSA) is 145 Å². The van der Waals surface area contributed by atoms with Crippen LogP contribution in [0.1, 0.15) is 11.5 Å². The minimum Gasteiger partial charge on any atom is -0.496 e. The molecule has 0 unspecified atom stereocenters. The second-order valence-electron chi connectivity index (χ2n) is 6.63. The standard InChI is InChI=1S/C21H15N3O8/c1-30-18-9-12(24(28)29)4-6-15(18)17-7-5-13(32-17)10-16-19(25)22-21(27)23(20(16)26)11-14-3-2-8-31-14/h2-10H,11H2,1H3,(H,22,25,27)/b16-10+. The van der Waals surface area contributed by atoms with Crippen molar-refractivity contribution in [3.63, 3.8) is 0 Å². The van der Waals surface area contributed by atoms with Crippen LogP contribution in [0.25, 0.3) is 17.4 Å². The minimum absolute atomic E-state index is 0.147. The van der Waals surface area contributed by atoms with Crippen LogP contribution in [-0.2, 0) is 16.1 Å². The molecule has 3 heterocycles. The summed E-state index contributed by atoms with van der Waals surface area (Å²) in [5.74, 6) is -0.619. The number of nitro benzene ring substituents is 1. The molecule has 0 saturated carbocycles. The van der Waals surface area contributed by atoms with Gasteiger partial charge < -0.3 is 13.6 Å². The average Bonchev–Trinajstić information content (AvgIpc) is 3.45. The van der Waals surface area contributed by atoms with Crippen LogP contribution in [-0.4, -0.2) is 34.8 Å². The first kappa shape index (κ1) is 20.6. The van der Waals surface area contributed by atoms with E-state index in [1.807, 2.05) is 0 Å². The smallest absolute Gasteiger partial charge is 0.331 e. The molecule has 0 aliphatic carbocycles. The van der Waals surface area contributed by atoms with E-state index in [9.17, 15) is 24.5 Å². The highest BCUT2D eigenvalue weighted by Crippen LogP contribution is 2.34. The van der Waals surface area contributed by atoms with Gasteiger partial charge in [0.2, 0.25) is 0 Å². The van der Waals surface area contributed by atoms with Crippen molar-refractivity contribution in [2.75, 3.05) is 7.11 Å². The lowest BCUT2D eigenvalue weighted by Crippen LogP contribution is -2.53. The highest BCUT2D eigenvalue weighted by Gasteiger charge is 2.36. The Balaban J connectivity index is 1.63. The van der Waals surface area contributed by atoms with Crippen molar-refractivity contribution in [1.82, 2.24) is 10.2 Å². The molecule has 1 fully saturated rings. The van der Waals surface area contributed by atoms with Gasteiger partial charge in [0.1, 0.15) is 28.6 Å². The number of amides is 4. The third-order valence-corrected chi connectivity index (χ3v) is 4.65. The number of barbiturate groups is 1. The quantitative estimate of drug-likeness (QED) is 0.268. The van der Waals surface area contributed by atoms with E-state index in [1.165, 1.54) is 43.7 Å². The van der Waals surface area contributed by atoms with E-state index in [4.69, 9.17) is 13.6 Å². The number of imide groups is 2. The van der Waals surface area contributed by atoms with Crippen LogP contribution < -0.4 is 10.1 Å². The van der Waals surface area contributed by atoms with Crippen LogP contribution in [0.15, 0.2) is 63.1 Å². The summed E-state index contributed by atoms with van der Waals surface area (Å²) in [5.41, 5.74) is -0.00481. The van der Waals surface area contributed by atoms with E-state index in [2.05, 4.69) is 5.32 Å². The molecule has 0 radical (unpaired) electrons. The summed E-state index contributed by atoms with van der Waals surface area (Å²) in [6.45, 7) is -0.147. The lowest BCUT2D eigenvalue weighted by molar-refractivity contribution is -0.384. The number of nitrogens with zero attached hydrogens (tertiary/aromatic N) is 2. The molecule has 1 saturated heterocycles. The molecular formula is C21H15N3O8. The van der Waals surface area contributed by atoms with Gasteiger partial charge in [-0.2, -0.15) is 0 Å². The summed E-state index contributed by atoms with van der Waals surface area (Å²) in [6, 6.07) is 9.45. The molecule has 4 amide bonds. The van der Waals surface area contributed by atoms with E-state index >= 15 is 0 Å². The summed E-state index contributed by atoms with van der Waals surface area (Å²) in [4.78, 5) is 48.4. The summed E-state index contributed by atoms with van der Waals surface area (Å²) >= 11 is 0. The molecule has 1 N–H and O–H groups in total. The van der Waals surface area contributed by atoms with Gasteiger partial charge >= 0.3 is 6.03 Å². The molecule has 3 aromatic rings. The Morgan fingerprint density at radius 2 is 2.00 bits per heavy atom. The van der Waals surface area contributed by atoms with Crippen molar-refractivity contribution in [3.05, 3.63) is 75.9 Å². The number of benzene rings is 1. The first-order valence-corrected chi connectivity index (χ1v) is 9.21. The Morgan fingerprint density at radius 3 is 2.69 bits per heavy atom. The predicted octanol–water partition coefficient (Wildman–Crippen LogP) is 3.12. The SMILES string of the molecule is COc1cc([N+](=O)[O-])ccc1-c1ccc(/C=C2\C(=O)NC(=O)N(Cc3ccco3)C2=O)o1. The first-order valence-electron chi connectivity index (χ1n) is 9.21. The Hall–Kier alpha value is -4.67. The number of hydrogen-bond acceptors (Lipinski definition) is 8. The van der Waals surface area contributed by atoms with Crippen LogP contribution in [0, 0.1) is 10.1 Å². The number of rotatable bonds is 6. The molecule has 0 atom stereocenters. The minimum atomic E-state index is -0.860. The fourth-order valence-corrected chi connectivity index (χ4v) is 3.11. The number of ether oxygens (including phenoxy) is 1. The Kier molecular flexibility index (Phi) is 5.29. The van der Waals surface area contributed by atoms with Crippen molar-refractivity contribution in [2.24, 2.45) is 0 Å². The van der Waals surface area contributed by atoms with E-state index in [0.29, 0.717) is 17.1 Å². The molecular weight excluding hydrogens is 422 g/mol. The Bertz CT molecular complexity index is 1260. The molecule has 0 spiro atoms. The lowest BCUT2D eigenvalue weighted by atomic mass is 10.1. The van der Waals surface area contributed by atoms with Gasteiger partial charge in [0.05, 0.1) is 36.5 Å². The van der Waals surface area contributed by atoms with E-state index in [-0.39, 0.29) is 29.3 Å². The lowest BCUT2D eigenvalue weighted by Gasteiger charge is -2.25. The molecule has 0 bridgehead atoms. The monoisotopic (exact) mass is 437 g/mol. The van der Waals surface area contributed by atoms with Crippen LogP contribution in [0.3, 0.4) is 0 Å². The van der Waals surface area contributed by atoms with E-state index in [0.717, 1.165) is 4.90 Å². The molecule has 4 rings (SSSR count). The van der Waals surface area contributed by atoms with Gasteiger partial charge in [0, 0.05) is 6.07 Å². The number of carbonyl (C=O) groups is 3. The summed E-state index contributed by atoms with van der Waals surface area (Å²) < 4.78 is 16.1. The highest BCUT2D eigenvalue weighted by atomic mass is 16.6. The third-order valence-electron chi connectivity index (χ3n) is 4.65. The second-order valence-corrected chi connectivity index (χ2v) is 6.63. The zero-order valence-corrected chi connectivity index (χ0v) is 16.6. The van der Waals surface area contributed by atoms with Gasteiger partial charge in [-0.15, -0.1) is 0 Å². The van der Waals surface area contributed by atoms with Gasteiger partial charge in [-0.05, 0) is 36.4 Å². The van der Waals surface area contributed by atoms with E-state index in [1.54, 1.807) is 18.2 Å². The van der Waals surface area contributed by atoms with Crippen molar-refractivity contribution in [3.8, 4) is 17.1 Å². The fourth-order valence-electron chi connectivity index (χ4n) is 3.11. The van der Waals surface area contributed by atoms with Crippen molar-refractivity contribution < 1.29 is 32.9 Å². The molecule has 11 nitrogen and oxygen atoms in total. The van der Waals surface area contributed by atoms with Crippen LogP contribution in [0.5, 0.6) is 5.75 Å². The van der Waals surface area contributed by atoms with E-state index < -0.39 is 22.8 Å². The van der Waals surface area contributed by atoms with Gasteiger partial charge in [-0.25, -0.2) is 4.79 Å². The molecule has 2 aromatic heterocycles. The number of nitro groups is 1. The Morgan fingerprint density at radius 1 is 1.19 bits per heavy atom. The number of carbonyl (C=O) groups excluding carboxylic acids is 3. The van der Waals surface area contributed by atoms with Gasteiger partial charge in [0.15, 0.2) is 0 Å². The van der Waals surface area contributed by atoms with Crippen molar-refractivity contribution >= 4 is 29.6 Å². The van der Waals surface area contributed by atoms with Gasteiger partial charge in [-0.3, -0.25) is 29.9 Å². The molecule has 1 aromatic carbocycles. The molecule has 11 heteroatoms. The van der Waals surface area contributed by atoms with Crippen LogP contribution in [0.4, 0.5) is 10.5 Å². The van der Waals surface area contributed by atoms with Crippen molar-refractivity contribution in [2.45, 2.75) is 6.54 Å². The van der Waals surface area contributed by atoms with Gasteiger partial charge in [0.25, 0.3) is 17.5 Å². The predicted molar refractivity (Wildman–Crippen MR) is 108 cm³/mol. The van der Waals surface area contributed by atoms with Crippen LogP contribution >= 0.6 is 0 Å². The summed E-state index contributed by atoms with van der Waals surface area (Å²) in [5, 5.41) is 13.1. The first-order chi connectivity index (χ1) is 15.4. The molecule has 162 valence electrons. The van der Waals surface area contributed by atoms with Gasteiger partial charge in [-0.1, -0.05) is 0 Å². The summed E-state index contributed by atoms with van der Waals surface area (Å²) in [7, 11) is 1.37. The average molecular weight is 437 g/mol. The Labute approximate surface area is 180 Å². The maximum absolute atomic E-state index is 12.8. The third kappa shape index (κ3) is 3.86. The fraction of sp³-hybridized carbons (Fsp3) is 0.0952. The summed E-state index contributed by atoms with van der Waals surface area (Å²) in [6.07, 6.45) is 2.61. The molecule has 1 aliphatic rings. The number of nitrogens with one attached hydrogen (secondary N) is 1. The normalized spacial score (nSPS) is 15.2. The number of methoxy groups -OCH3 is 1. The second kappa shape index (κ2) is 8.22. The zero-order chi connectivity index (χ0) is 22.8. The van der Waals surface area contributed by atoms with Crippen molar-refractivity contribution in [1.29, 1.82) is 0 Å². The molecule has 1 aliphatic heterocycles. The maximum Gasteiger partial charge on any atom is 0.331 e. The number of furan rings is 2. The number of urea groups is 1. The largest absolute Gasteiger partial charge is 0.496 e. The maximum atomic E-state index is 12.8. The highest BCUT2D eigenvalue weighted by molar-refractivity contribution is 6.30. The van der Waals surface area contributed by atoms with Crippen LogP contribution in [0.2, 0.25) is 0 Å². The molecule has 32 heavy (non-hydrogen) atoms. The number of hydrogen-bond donors (Lipinski definition) is 1. The zero-order valence-electron chi connectivity index (χ0n) is 16.6.